The molecular weight excluding hydrogens is 333 g/mol. The fourth-order valence-electron chi connectivity index (χ4n) is 3.19. The molecule has 0 radical (unpaired) electrons. The topological polar surface area (TPSA) is 78.5 Å². The zero-order valence-corrected chi connectivity index (χ0v) is 14.4. The highest BCUT2D eigenvalue weighted by Gasteiger charge is 2.46. The van der Waals surface area contributed by atoms with Gasteiger partial charge in [-0.3, -0.25) is 4.79 Å². The van der Waals surface area contributed by atoms with E-state index in [0.29, 0.717) is 18.5 Å². The van der Waals surface area contributed by atoms with E-state index in [2.05, 4.69) is 10.6 Å². The Bertz CT molecular complexity index is 726. The fraction of sp³-hybridized carbons (Fsp3) is 0.562. The van der Waals surface area contributed by atoms with Gasteiger partial charge < -0.3 is 10.6 Å². The summed E-state index contributed by atoms with van der Waals surface area (Å²) in [4.78, 5) is 12.4. The van der Waals surface area contributed by atoms with E-state index in [4.69, 9.17) is 0 Å². The third-order valence-electron chi connectivity index (χ3n) is 4.75. The van der Waals surface area contributed by atoms with Gasteiger partial charge in [0.05, 0.1) is 5.25 Å². The van der Waals surface area contributed by atoms with Gasteiger partial charge in [0.1, 0.15) is 11.4 Å². The number of nitrogens with one attached hydrogen (secondary N) is 2. The Kier molecular flexibility index (Phi) is 4.52. The van der Waals surface area contributed by atoms with Crippen LogP contribution in [0.3, 0.4) is 0 Å². The summed E-state index contributed by atoms with van der Waals surface area (Å²) in [6.07, 6.45) is 2.13. The van der Waals surface area contributed by atoms with Gasteiger partial charge in [0.15, 0.2) is 0 Å². The predicted octanol–water partition coefficient (Wildman–Crippen LogP) is 1.31. The van der Waals surface area contributed by atoms with Crippen molar-refractivity contribution in [3.8, 4) is 0 Å². The normalized spacial score (nSPS) is 21.2. The maximum atomic E-state index is 13.4. The lowest BCUT2D eigenvalue weighted by Gasteiger charge is -2.41. The molecule has 1 saturated heterocycles. The number of halogens is 1. The van der Waals surface area contributed by atoms with Gasteiger partial charge in [0.25, 0.3) is 0 Å². The van der Waals surface area contributed by atoms with Crippen molar-refractivity contribution in [1.82, 2.24) is 9.62 Å². The monoisotopic (exact) mass is 355 g/mol. The van der Waals surface area contributed by atoms with Crippen molar-refractivity contribution in [3.63, 3.8) is 0 Å². The smallest absolute Gasteiger partial charge is 0.245 e. The number of piperidine rings is 1. The van der Waals surface area contributed by atoms with Crippen LogP contribution in [0, 0.1) is 5.82 Å². The van der Waals surface area contributed by atoms with E-state index in [0.717, 1.165) is 12.8 Å². The molecule has 0 unspecified atom stereocenters. The number of benzene rings is 1. The molecule has 24 heavy (non-hydrogen) atoms. The molecule has 8 heteroatoms. The summed E-state index contributed by atoms with van der Waals surface area (Å²) >= 11 is 0. The summed E-state index contributed by atoms with van der Waals surface area (Å²) in [5.41, 5.74) is -0.421. The summed E-state index contributed by atoms with van der Waals surface area (Å²) in [7, 11) is -1.69. The summed E-state index contributed by atoms with van der Waals surface area (Å²) in [6, 6.07) is 5.93. The first-order valence-corrected chi connectivity index (χ1v) is 9.63. The highest BCUT2D eigenvalue weighted by molar-refractivity contribution is 7.90. The Morgan fingerprint density at radius 3 is 2.50 bits per heavy atom. The minimum Gasteiger partial charge on any atom is -0.371 e. The van der Waals surface area contributed by atoms with Crippen LogP contribution in [0.1, 0.15) is 25.7 Å². The molecule has 0 spiro atoms. The molecule has 1 aliphatic heterocycles. The number of sulfonamides is 1. The Hall–Kier alpha value is -1.67. The molecule has 0 bridgehead atoms. The molecule has 0 aromatic heterocycles. The third-order valence-corrected chi connectivity index (χ3v) is 7.15. The number of likely N-dealkylation sites (N-methyl/N-ethyl adjacent to an activating group) is 1. The number of anilines is 1. The van der Waals surface area contributed by atoms with Crippen LogP contribution in [0.4, 0.5) is 10.1 Å². The molecule has 1 aromatic rings. The Morgan fingerprint density at radius 2 is 1.96 bits per heavy atom. The minimum atomic E-state index is -3.24. The highest BCUT2D eigenvalue weighted by atomic mass is 32.2. The van der Waals surface area contributed by atoms with Crippen LogP contribution >= 0.6 is 0 Å². The number of nitrogens with zero attached hydrogens (tertiary/aromatic N) is 1. The van der Waals surface area contributed by atoms with E-state index in [1.54, 1.807) is 19.2 Å². The summed E-state index contributed by atoms with van der Waals surface area (Å²) < 4.78 is 39.6. The number of hydrogen-bond acceptors (Lipinski definition) is 4. The van der Waals surface area contributed by atoms with Gasteiger partial charge in [-0.05, 0) is 43.9 Å². The van der Waals surface area contributed by atoms with Crippen molar-refractivity contribution < 1.29 is 17.6 Å². The Labute approximate surface area is 141 Å². The van der Waals surface area contributed by atoms with E-state index in [1.165, 1.54) is 16.4 Å². The van der Waals surface area contributed by atoms with Gasteiger partial charge in [-0.25, -0.2) is 17.1 Å². The molecule has 1 saturated carbocycles. The van der Waals surface area contributed by atoms with Gasteiger partial charge in [-0.2, -0.15) is 0 Å². The maximum Gasteiger partial charge on any atom is 0.245 e. The summed E-state index contributed by atoms with van der Waals surface area (Å²) in [5, 5.41) is 5.52. The number of carbonyl (C=O) groups is 1. The van der Waals surface area contributed by atoms with Crippen molar-refractivity contribution >= 4 is 21.6 Å². The lowest BCUT2D eigenvalue weighted by atomic mass is 9.87. The van der Waals surface area contributed by atoms with Gasteiger partial charge in [0.2, 0.25) is 15.9 Å². The van der Waals surface area contributed by atoms with Crippen LogP contribution in [-0.2, 0) is 14.8 Å². The number of hydrogen-bond donors (Lipinski definition) is 2. The molecule has 1 aromatic carbocycles. The van der Waals surface area contributed by atoms with E-state index >= 15 is 0 Å². The average molecular weight is 355 g/mol. The first-order valence-electron chi connectivity index (χ1n) is 8.12. The fourth-order valence-corrected chi connectivity index (χ4v) is 5.03. The minimum absolute atomic E-state index is 0.213. The first kappa shape index (κ1) is 17.2. The van der Waals surface area contributed by atoms with Crippen LogP contribution in [0.25, 0.3) is 0 Å². The number of carbonyl (C=O) groups excluding carboxylic acids is 1. The zero-order valence-electron chi connectivity index (χ0n) is 13.6. The van der Waals surface area contributed by atoms with Crippen LogP contribution < -0.4 is 10.6 Å². The van der Waals surface area contributed by atoms with E-state index in [-0.39, 0.29) is 30.1 Å². The van der Waals surface area contributed by atoms with Crippen LogP contribution in [-0.4, -0.2) is 49.6 Å². The molecule has 1 aliphatic carbocycles. The SMILES string of the molecule is CNC(=O)C1(Nc2cccc(F)c2)CCN(S(=O)(=O)C2CC2)CC1. The van der Waals surface area contributed by atoms with Crippen LogP contribution in [0.15, 0.2) is 24.3 Å². The molecular formula is C16H22FN3O3S. The first-order chi connectivity index (χ1) is 11.4. The Balaban J connectivity index is 1.78. The van der Waals surface area contributed by atoms with Gasteiger partial charge in [-0.15, -0.1) is 0 Å². The number of amides is 1. The van der Waals surface area contributed by atoms with E-state index in [1.807, 2.05) is 0 Å². The molecule has 1 heterocycles. The van der Waals surface area contributed by atoms with Crippen LogP contribution in [0.2, 0.25) is 0 Å². The van der Waals surface area contributed by atoms with Gasteiger partial charge in [-0.1, -0.05) is 6.07 Å². The van der Waals surface area contributed by atoms with Crippen molar-refractivity contribution in [1.29, 1.82) is 0 Å². The van der Waals surface area contributed by atoms with Crippen molar-refractivity contribution in [2.24, 2.45) is 0 Å². The molecule has 6 nitrogen and oxygen atoms in total. The van der Waals surface area contributed by atoms with Crippen molar-refractivity contribution in [2.45, 2.75) is 36.5 Å². The lowest BCUT2D eigenvalue weighted by Crippen LogP contribution is -2.58. The predicted molar refractivity (Wildman–Crippen MR) is 89.6 cm³/mol. The average Bonchev–Trinajstić information content (AvgIpc) is 3.40. The molecule has 132 valence electrons. The van der Waals surface area contributed by atoms with Gasteiger partial charge >= 0.3 is 0 Å². The third kappa shape index (κ3) is 3.25. The second-order valence-corrected chi connectivity index (χ2v) is 8.65. The number of rotatable bonds is 5. The largest absolute Gasteiger partial charge is 0.371 e. The molecule has 2 fully saturated rings. The second-order valence-electron chi connectivity index (χ2n) is 6.44. The van der Waals surface area contributed by atoms with E-state index < -0.39 is 15.6 Å². The Morgan fingerprint density at radius 1 is 1.29 bits per heavy atom. The van der Waals surface area contributed by atoms with Crippen molar-refractivity contribution in [3.05, 3.63) is 30.1 Å². The van der Waals surface area contributed by atoms with Crippen LogP contribution in [0.5, 0.6) is 0 Å². The highest BCUT2D eigenvalue weighted by Crippen LogP contribution is 2.35. The quantitative estimate of drug-likeness (QED) is 0.835. The lowest BCUT2D eigenvalue weighted by molar-refractivity contribution is -0.126. The summed E-state index contributed by atoms with van der Waals surface area (Å²) in [5.74, 6) is -0.601. The maximum absolute atomic E-state index is 13.4. The van der Waals surface area contributed by atoms with E-state index in [9.17, 15) is 17.6 Å². The molecule has 2 aliphatic rings. The zero-order chi connectivity index (χ0) is 17.4. The summed E-state index contributed by atoms with van der Waals surface area (Å²) in [6.45, 7) is 0.573. The standard InChI is InChI=1S/C16H22FN3O3S/c1-18-15(21)16(19-13-4-2-3-12(17)11-13)7-9-20(10-8-16)24(22,23)14-5-6-14/h2-4,11,14,19H,5-10H2,1H3,(H,18,21). The molecule has 2 N–H and O–H groups in total. The molecule has 1 amide bonds. The van der Waals surface area contributed by atoms with Gasteiger partial charge in [0, 0.05) is 25.8 Å². The molecule has 3 rings (SSSR count). The second kappa shape index (κ2) is 6.33. The molecule has 0 atom stereocenters. The van der Waals surface area contributed by atoms with Crippen molar-refractivity contribution in [2.75, 3.05) is 25.5 Å².